The van der Waals surface area contributed by atoms with Crippen molar-refractivity contribution in [1.29, 1.82) is 0 Å². The molecule has 2 fully saturated rings. The first-order valence-electron chi connectivity index (χ1n) is 14.1. The molecule has 2 aliphatic heterocycles. The summed E-state index contributed by atoms with van der Waals surface area (Å²) < 4.78 is 27.5. The Kier molecular flexibility index (Phi) is 13.1. The number of rotatable bonds is 10. The molecule has 0 unspecified atom stereocenters. The molecule has 10 heteroatoms. The first-order valence-corrected chi connectivity index (χ1v) is 14.1. The lowest BCUT2D eigenvalue weighted by Gasteiger charge is -2.35. The maximum atomic E-state index is 12.6. The number of cyclic esters (lactones) is 1. The number of alkyl carbamates (subject to hydrolysis) is 1. The van der Waals surface area contributed by atoms with E-state index in [1.165, 1.54) is 13.2 Å². The smallest absolute Gasteiger partial charge is 0.407 e. The van der Waals surface area contributed by atoms with Crippen molar-refractivity contribution < 1.29 is 37.7 Å². The van der Waals surface area contributed by atoms with Gasteiger partial charge >= 0.3 is 18.0 Å². The van der Waals surface area contributed by atoms with E-state index in [1.54, 1.807) is 24.5 Å². The van der Waals surface area contributed by atoms with E-state index in [2.05, 4.69) is 22.0 Å². The number of hydrogen-bond acceptors (Lipinski definition) is 9. The molecule has 1 N–H and O–H groups in total. The van der Waals surface area contributed by atoms with Crippen LogP contribution in [0.1, 0.15) is 89.1 Å². The quantitative estimate of drug-likeness (QED) is 0.243. The summed E-state index contributed by atoms with van der Waals surface area (Å²) in [5.74, 6) is -0.193. The maximum Gasteiger partial charge on any atom is 0.407 e. The van der Waals surface area contributed by atoms with E-state index >= 15 is 0 Å². The Bertz CT molecular complexity index is 972. The molecule has 2 bridgehead atoms. The van der Waals surface area contributed by atoms with Crippen molar-refractivity contribution in [2.75, 3.05) is 13.7 Å². The number of aryl methyl sites for hydroxylation is 1. The molecule has 0 saturated carbocycles. The molecule has 1 aromatic heterocycles. The second-order valence-electron chi connectivity index (χ2n) is 10.0. The summed E-state index contributed by atoms with van der Waals surface area (Å²) in [4.78, 5) is 40.4. The minimum atomic E-state index is -0.509. The maximum absolute atomic E-state index is 12.6. The number of allylic oxidation sites excluding steroid dienone is 1. The molecule has 39 heavy (non-hydrogen) atoms. The number of esters is 2. The topological polar surface area (TPSA) is 126 Å². The summed E-state index contributed by atoms with van der Waals surface area (Å²) in [6.45, 7) is 2.40. The summed E-state index contributed by atoms with van der Waals surface area (Å²) in [5.41, 5.74) is 0.755. The van der Waals surface area contributed by atoms with Crippen LogP contribution in [0.15, 0.2) is 28.9 Å². The molecule has 2 aliphatic rings. The summed E-state index contributed by atoms with van der Waals surface area (Å²) >= 11 is 0. The number of fused-ring (bicyclic) bond motifs is 2. The zero-order valence-electron chi connectivity index (χ0n) is 23.1. The number of carbonyl (C=O) groups excluding carboxylic acids is 3. The van der Waals surface area contributed by atoms with Gasteiger partial charge in [-0.05, 0) is 44.6 Å². The molecule has 0 aromatic carbocycles. The normalized spacial score (nSPS) is 24.5. The van der Waals surface area contributed by atoms with Crippen molar-refractivity contribution >= 4 is 24.1 Å². The van der Waals surface area contributed by atoms with Crippen molar-refractivity contribution in [3.05, 3.63) is 36.1 Å². The largest absolute Gasteiger partial charge is 0.462 e. The second kappa shape index (κ2) is 16.7. The molecule has 216 valence electrons. The van der Waals surface area contributed by atoms with Crippen LogP contribution in [0.25, 0.3) is 6.08 Å². The van der Waals surface area contributed by atoms with Crippen molar-refractivity contribution in [3.63, 3.8) is 0 Å². The number of methoxy groups -OCH3 is 1. The standard InChI is InChI=1S/C29H42N2O8/c1-3-10-22-12-5-4-6-13-23-17-24(18-25(37-23)19-28(33)38-22)39-27(32)15-8-7-11-21-20-36-26(31-21)14-9-16-30-29(34)35-2/h8-9,14-15,20,22-25H,3-7,10-13,16-19H2,1-2H3,(H,30,34)/b14-9+,15-8+/t22-,23+,24+,25+/m0/s1. The monoisotopic (exact) mass is 546 g/mol. The highest BCUT2D eigenvalue weighted by Gasteiger charge is 2.33. The summed E-state index contributed by atoms with van der Waals surface area (Å²) in [7, 11) is 1.30. The number of nitrogens with zero attached hydrogens (tertiary/aromatic N) is 1. The number of carbonyl (C=O) groups is 3. The number of nitrogens with one attached hydrogen (secondary N) is 1. The Labute approximate surface area is 230 Å². The van der Waals surface area contributed by atoms with Crippen LogP contribution >= 0.6 is 0 Å². The SMILES string of the molecule is CCC[C@H]1CCCCC[C@@H]2C[C@@H](OC(=O)/C=C/CCc3coc(/C=C/CNC(=O)OC)n3)C[C@H](CC(=O)O1)O2. The molecule has 1 aromatic rings. The van der Waals surface area contributed by atoms with Gasteiger partial charge in [0.15, 0.2) is 0 Å². The van der Waals surface area contributed by atoms with Crippen molar-refractivity contribution in [3.8, 4) is 0 Å². The molecule has 2 saturated heterocycles. The highest BCUT2D eigenvalue weighted by molar-refractivity contribution is 5.82. The van der Waals surface area contributed by atoms with Crippen LogP contribution in [0, 0.1) is 0 Å². The number of amides is 1. The molecule has 0 radical (unpaired) electrons. The fourth-order valence-electron chi connectivity index (χ4n) is 4.91. The van der Waals surface area contributed by atoms with Crippen LogP contribution in [-0.2, 0) is 35.0 Å². The van der Waals surface area contributed by atoms with Gasteiger partial charge in [-0.15, -0.1) is 0 Å². The fourth-order valence-corrected chi connectivity index (χ4v) is 4.91. The molecule has 0 spiro atoms. The average molecular weight is 547 g/mol. The lowest BCUT2D eigenvalue weighted by molar-refractivity contribution is -0.166. The average Bonchev–Trinajstić information content (AvgIpc) is 3.35. The van der Waals surface area contributed by atoms with Crippen LogP contribution in [-0.4, -0.2) is 61.1 Å². The van der Waals surface area contributed by atoms with E-state index in [4.69, 9.17) is 18.6 Å². The predicted octanol–water partition coefficient (Wildman–Crippen LogP) is 5.06. The molecule has 3 rings (SSSR count). The van der Waals surface area contributed by atoms with Gasteiger partial charge in [-0.25, -0.2) is 14.6 Å². The Morgan fingerprint density at radius 3 is 2.79 bits per heavy atom. The number of ether oxygens (including phenoxy) is 4. The fraction of sp³-hybridized carbons (Fsp3) is 0.655. The summed E-state index contributed by atoms with van der Waals surface area (Å²) in [6, 6.07) is 0. The molecule has 3 heterocycles. The zero-order valence-corrected chi connectivity index (χ0v) is 23.1. The zero-order chi connectivity index (χ0) is 27.9. The third kappa shape index (κ3) is 11.6. The summed E-state index contributed by atoms with van der Waals surface area (Å²) in [6.07, 6.45) is 16.4. The Balaban J connectivity index is 1.42. The minimum Gasteiger partial charge on any atom is -0.462 e. The highest BCUT2D eigenvalue weighted by atomic mass is 16.6. The van der Waals surface area contributed by atoms with Gasteiger partial charge < -0.3 is 28.7 Å². The number of aromatic nitrogens is 1. The predicted molar refractivity (Wildman–Crippen MR) is 144 cm³/mol. The van der Waals surface area contributed by atoms with Crippen LogP contribution in [0.5, 0.6) is 0 Å². The van der Waals surface area contributed by atoms with Gasteiger partial charge in [-0.1, -0.05) is 38.3 Å². The van der Waals surface area contributed by atoms with Crippen LogP contribution < -0.4 is 5.32 Å². The van der Waals surface area contributed by atoms with E-state index < -0.39 is 12.1 Å². The van der Waals surface area contributed by atoms with Crippen molar-refractivity contribution in [2.45, 2.75) is 108 Å². The van der Waals surface area contributed by atoms with Crippen molar-refractivity contribution in [1.82, 2.24) is 10.3 Å². The minimum absolute atomic E-state index is 0.0177. The number of oxazole rings is 1. The first kappa shape index (κ1) is 30.4. The third-order valence-corrected chi connectivity index (χ3v) is 6.78. The highest BCUT2D eigenvalue weighted by Crippen LogP contribution is 2.29. The van der Waals surface area contributed by atoms with Crippen LogP contribution in [0.3, 0.4) is 0 Å². The summed E-state index contributed by atoms with van der Waals surface area (Å²) in [5, 5.41) is 2.53. The van der Waals surface area contributed by atoms with E-state index in [9.17, 15) is 14.4 Å². The van der Waals surface area contributed by atoms with Gasteiger partial charge in [0.1, 0.15) is 18.5 Å². The Morgan fingerprint density at radius 2 is 1.97 bits per heavy atom. The molecular weight excluding hydrogens is 504 g/mol. The van der Waals surface area contributed by atoms with Gasteiger partial charge in [0.05, 0.1) is 31.4 Å². The van der Waals surface area contributed by atoms with Crippen LogP contribution in [0.4, 0.5) is 4.79 Å². The molecule has 4 atom stereocenters. The number of hydrogen-bond donors (Lipinski definition) is 1. The van der Waals surface area contributed by atoms with E-state index in [0.717, 1.165) is 50.6 Å². The molecule has 10 nitrogen and oxygen atoms in total. The third-order valence-electron chi connectivity index (χ3n) is 6.78. The van der Waals surface area contributed by atoms with Gasteiger partial charge in [-0.2, -0.15) is 0 Å². The van der Waals surface area contributed by atoms with Gasteiger partial charge in [0.25, 0.3) is 0 Å². The lowest BCUT2D eigenvalue weighted by Crippen LogP contribution is -2.39. The van der Waals surface area contributed by atoms with E-state index in [0.29, 0.717) is 38.1 Å². The first-order chi connectivity index (χ1) is 18.9. The molecular formula is C29H42N2O8. The van der Waals surface area contributed by atoms with Gasteiger partial charge in [0, 0.05) is 25.5 Å². The molecule has 1 amide bonds. The van der Waals surface area contributed by atoms with Crippen LogP contribution in [0.2, 0.25) is 0 Å². The lowest BCUT2D eigenvalue weighted by atomic mass is 9.94. The second-order valence-corrected chi connectivity index (χ2v) is 10.0. The molecule has 0 aliphatic carbocycles. The van der Waals surface area contributed by atoms with E-state index in [-0.39, 0.29) is 36.8 Å². The van der Waals surface area contributed by atoms with Crippen molar-refractivity contribution in [2.24, 2.45) is 0 Å². The Morgan fingerprint density at radius 1 is 1.15 bits per heavy atom. The van der Waals surface area contributed by atoms with Gasteiger partial charge in [0.2, 0.25) is 5.89 Å². The van der Waals surface area contributed by atoms with E-state index in [1.807, 2.05) is 0 Å². The van der Waals surface area contributed by atoms with Gasteiger partial charge in [-0.3, -0.25) is 4.79 Å². The Hall–Kier alpha value is -3.14.